The van der Waals surface area contributed by atoms with Crippen molar-refractivity contribution in [3.63, 3.8) is 0 Å². The molecular weight excluding hydrogens is 258 g/mol. The molecule has 2 nitrogen and oxygen atoms in total. The molecule has 0 bridgehead atoms. The molecule has 1 rings (SSSR count). The van der Waals surface area contributed by atoms with E-state index in [-0.39, 0.29) is 0 Å². The average molecular weight is 291 g/mol. The quantitative estimate of drug-likeness (QED) is 0.557. The van der Waals surface area contributed by atoms with Crippen LogP contribution in [0, 0.1) is 5.92 Å². The first-order chi connectivity index (χ1) is 10.3. The van der Waals surface area contributed by atoms with Gasteiger partial charge in [-0.25, -0.2) is 0 Å². The van der Waals surface area contributed by atoms with Crippen LogP contribution in [0.1, 0.15) is 57.9 Å². The average Bonchev–Trinajstić information content (AvgIpc) is 2.52. The first-order valence-electron chi connectivity index (χ1n) is 8.64. The Balaban J connectivity index is 2.48. The second-order valence-corrected chi connectivity index (χ2v) is 5.89. The fourth-order valence-corrected chi connectivity index (χ4v) is 2.84. The number of benzene rings is 1. The molecule has 0 heterocycles. The number of ether oxygens (including phenoxy) is 1. The Kier molecular flexibility index (Phi) is 9.98. The van der Waals surface area contributed by atoms with E-state index < -0.39 is 0 Å². The highest BCUT2D eigenvalue weighted by atomic mass is 16.5. The van der Waals surface area contributed by atoms with E-state index in [4.69, 9.17) is 4.74 Å². The summed E-state index contributed by atoms with van der Waals surface area (Å²) >= 11 is 0. The topological polar surface area (TPSA) is 21.3 Å². The highest BCUT2D eigenvalue weighted by molar-refractivity contribution is 5.33. The number of rotatable bonds is 12. The van der Waals surface area contributed by atoms with Gasteiger partial charge >= 0.3 is 0 Å². The van der Waals surface area contributed by atoms with E-state index in [0.717, 1.165) is 25.3 Å². The van der Waals surface area contributed by atoms with Gasteiger partial charge in [0.1, 0.15) is 5.75 Å². The lowest BCUT2D eigenvalue weighted by Crippen LogP contribution is -2.24. The molecule has 0 aliphatic carbocycles. The fourth-order valence-electron chi connectivity index (χ4n) is 2.84. The Labute approximate surface area is 131 Å². The number of nitrogens with one attached hydrogen (secondary N) is 1. The van der Waals surface area contributed by atoms with Crippen molar-refractivity contribution in [3.8, 4) is 5.75 Å². The van der Waals surface area contributed by atoms with Gasteiger partial charge in [0.2, 0.25) is 0 Å². The Morgan fingerprint density at radius 1 is 1.05 bits per heavy atom. The van der Waals surface area contributed by atoms with Gasteiger partial charge in [-0.2, -0.15) is 0 Å². The van der Waals surface area contributed by atoms with Crippen LogP contribution in [-0.2, 0) is 6.42 Å². The third kappa shape index (κ3) is 7.52. The molecule has 1 N–H and O–H groups in total. The smallest absolute Gasteiger partial charge is 0.122 e. The summed E-state index contributed by atoms with van der Waals surface area (Å²) in [6, 6.07) is 8.44. The van der Waals surface area contributed by atoms with Gasteiger partial charge in [-0.3, -0.25) is 0 Å². The van der Waals surface area contributed by atoms with Crippen molar-refractivity contribution < 1.29 is 4.74 Å². The number of unbranched alkanes of at least 4 members (excludes halogenated alkanes) is 4. The highest BCUT2D eigenvalue weighted by Gasteiger charge is 2.12. The van der Waals surface area contributed by atoms with Crippen LogP contribution in [0.4, 0.5) is 0 Å². The van der Waals surface area contributed by atoms with Crippen LogP contribution in [0.3, 0.4) is 0 Å². The summed E-state index contributed by atoms with van der Waals surface area (Å²) in [5, 5.41) is 3.52. The summed E-state index contributed by atoms with van der Waals surface area (Å²) < 4.78 is 5.49. The van der Waals surface area contributed by atoms with Gasteiger partial charge in [0.15, 0.2) is 0 Å². The van der Waals surface area contributed by atoms with Gasteiger partial charge in [0, 0.05) is 0 Å². The van der Waals surface area contributed by atoms with Crippen LogP contribution >= 0.6 is 0 Å². The lowest BCUT2D eigenvalue weighted by atomic mass is 9.93. The molecule has 21 heavy (non-hydrogen) atoms. The van der Waals surface area contributed by atoms with Crippen LogP contribution in [0.5, 0.6) is 5.75 Å². The van der Waals surface area contributed by atoms with Gasteiger partial charge in [-0.1, -0.05) is 64.2 Å². The third-order valence-electron chi connectivity index (χ3n) is 4.10. The molecule has 0 radical (unpaired) electrons. The van der Waals surface area contributed by atoms with E-state index in [1.165, 1.54) is 44.1 Å². The van der Waals surface area contributed by atoms with Crippen molar-refractivity contribution in [1.82, 2.24) is 5.32 Å². The summed E-state index contributed by atoms with van der Waals surface area (Å²) in [4.78, 5) is 0. The number of methoxy groups -OCH3 is 1. The molecule has 0 saturated heterocycles. The van der Waals surface area contributed by atoms with Crippen LogP contribution in [0.25, 0.3) is 0 Å². The largest absolute Gasteiger partial charge is 0.496 e. The summed E-state index contributed by atoms with van der Waals surface area (Å²) in [6.45, 7) is 6.62. The van der Waals surface area contributed by atoms with Crippen LogP contribution < -0.4 is 10.1 Å². The Morgan fingerprint density at radius 3 is 2.52 bits per heavy atom. The first kappa shape index (κ1) is 18.0. The van der Waals surface area contributed by atoms with Crippen LogP contribution in [0.15, 0.2) is 24.3 Å². The first-order valence-corrected chi connectivity index (χ1v) is 8.64. The lowest BCUT2D eigenvalue weighted by Gasteiger charge is -2.19. The van der Waals surface area contributed by atoms with Crippen LogP contribution in [-0.4, -0.2) is 20.2 Å². The van der Waals surface area contributed by atoms with Crippen molar-refractivity contribution in [2.75, 3.05) is 20.2 Å². The molecule has 1 aromatic rings. The van der Waals surface area contributed by atoms with Crippen molar-refractivity contribution >= 4 is 0 Å². The molecule has 0 saturated carbocycles. The Bertz CT molecular complexity index is 364. The molecule has 1 atom stereocenters. The predicted octanol–water partition coefficient (Wildman–Crippen LogP) is 4.82. The monoisotopic (exact) mass is 291 g/mol. The number of hydrogen-bond donors (Lipinski definition) is 1. The molecular formula is C19H33NO. The van der Waals surface area contributed by atoms with E-state index in [1.54, 1.807) is 7.11 Å². The van der Waals surface area contributed by atoms with E-state index in [0.29, 0.717) is 5.92 Å². The minimum absolute atomic E-state index is 0.711. The molecule has 0 aliphatic heterocycles. The molecule has 0 aliphatic rings. The molecule has 0 spiro atoms. The van der Waals surface area contributed by atoms with Gasteiger partial charge in [0.05, 0.1) is 7.11 Å². The van der Waals surface area contributed by atoms with E-state index >= 15 is 0 Å². The molecule has 2 heteroatoms. The van der Waals surface area contributed by atoms with Gasteiger partial charge < -0.3 is 10.1 Å². The zero-order valence-corrected chi connectivity index (χ0v) is 14.2. The van der Waals surface area contributed by atoms with Gasteiger partial charge in [-0.05, 0) is 43.5 Å². The SMILES string of the molecule is CCCCCCCC(CNCC)Cc1ccccc1OC. The third-order valence-corrected chi connectivity index (χ3v) is 4.10. The van der Waals surface area contributed by atoms with E-state index in [1.807, 2.05) is 6.07 Å². The van der Waals surface area contributed by atoms with E-state index in [9.17, 15) is 0 Å². The lowest BCUT2D eigenvalue weighted by molar-refractivity contribution is 0.391. The Morgan fingerprint density at radius 2 is 1.81 bits per heavy atom. The molecule has 120 valence electrons. The molecule has 0 aromatic heterocycles. The second kappa shape index (κ2) is 11.6. The highest BCUT2D eigenvalue weighted by Crippen LogP contribution is 2.23. The van der Waals surface area contributed by atoms with E-state index in [2.05, 4.69) is 37.4 Å². The second-order valence-electron chi connectivity index (χ2n) is 5.89. The summed E-state index contributed by atoms with van der Waals surface area (Å²) in [5.74, 6) is 1.74. The maximum Gasteiger partial charge on any atom is 0.122 e. The summed E-state index contributed by atoms with van der Waals surface area (Å²) in [7, 11) is 1.77. The van der Waals surface area contributed by atoms with Gasteiger partial charge in [0.25, 0.3) is 0 Å². The van der Waals surface area contributed by atoms with Crippen molar-refractivity contribution in [1.29, 1.82) is 0 Å². The fraction of sp³-hybridized carbons (Fsp3) is 0.684. The van der Waals surface area contributed by atoms with Crippen molar-refractivity contribution in [2.24, 2.45) is 5.92 Å². The minimum atomic E-state index is 0.711. The standard InChI is InChI=1S/C19H33NO/c1-4-6-7-8-9-12-17(16-20-5-2)15-18-13-10-11-14-19(18)21-3/h10-11,13-14,17,20H,4-9,12,15-16H2,1-3H3. The van der Waals surface area contributed by atoms with Crippen LogP contribution in [0.2, 0.25) is 0 Å². The Hall–Kier alpha value is -1.02. The maximum atomic E-state index is 5.49. The molecule has 0 fully saturated rings. The normalized spacial score (nSPS) is 12.3. The minimum Gasteiger partial charge on any atom is -0.496 e. The molecule has 1 unspecified atom stereocenters. The van der Waals surface area contributed by atoms with Crippen molar-refractivity contribution in [3.05, 3.63) is 29.8 Å². The predicted molar refractivity (Wildman–Crippen MR) is 92.1 cm³/mol. The molecule has 0 amide bonds. The molecule has 1 aromatic carbocycles. The zero-order valence-electron chi connectivity index (χ0n) is 14.2. The van der Waals surface area contributed by atoms with Gasteiger partial charge in [-0.15, -0.1) is 0 Å². The maximum absolute atomic E-state index is 5.49. The van der Waals surface area contributed by atoms with Crippen molar-refractivity contribution in [2.45, 2.75) is 58.8 Å². The number of para-hydroxylation sites is 1. The summed E-state index contributed by atoms with van der Waals surface area (Å²) in [5.41, 5.74) is 1.34. The summed E-state index contributed by atoms with van der Waals surface area (Å²) in [6.07, 6.45) is 9.25. The number of hydrogen-bond acceptors (Lipinski definition) is 2. The zero-order chi connectivity index (χ0) is 15.3.